The second kappa shape index (κ2) is 5.02. The molecule has 0 fully saturated rings. The van der Waals surface area contributed by atoms with E-state index in [1.807, 2.05) is 32.0 Å². The van der Waals surface area contributed by atoms with Crippen LogP contribution in [-0.4, -0.2) is 26.5 Å². The molecule has 5 nitrogen and oxygen atoms in total. The molecule has 2 aromatic heterocycles. The number of H-pyrrole nitrogens is 1. The number of aromatic amines is 1. The molecule has 5 heteroatoms. The van der Waals surface area contributed by atoms with Crippen LogP contribution in [0.15, 0.2) is 30.6 Å². The number of rotatable bonds is 3. The predicted molar refractivity (Wildman–Crippen MR) is 79.3 cm³/mol. The van der Waals surface area contributed by atoms with Gasteiger partial charge in [-0.2, -0.15) is 0 Å². The highest BCUT2D eigenvalue weighted by molar-refractivity contribution is 5.80. The maximum atomic E-state index is 5.71. The molecule has 0 amide bonds. The molecule has 0 aliphatic carbocycles. The van der Waals surface area contributed by atoms with E-state index in [2.05, 4.69) is 26.0 Å². The molecule has 0 saturated heterocycles. The standard InChI is InChI=1S/C15H17N5/c1-9(7-16)15-19-10(2)5-13(20-15)11-3-4-12-14(6-11)18-8-17-12/h3-6,8-9H,7,16H2,1-2H3,(H,17,18). The Balaban J connectivity index is 2.10. The van der Waals surface area contributed by atoms with Gasteiger partial charge < -0.3 is 10.7 Å². The van der Waals surface area contributed by atoms with Gasteiger partial charge in [0, 0.05) is 23.7 Å². The number of imidazole rings is 1. The van der Waals surface area contributed by atoms with Crippen LogP contribution in [0.4, 0.5) is 0 Å². The lowest BCUT2D eigenvalue weighted by Crippen LogP contribution is -2.13. The summed E-state index contributed by atoms with van der Waals surface area (Å²) in [5.74, 6) is 0.955. The molecule has 0 aliphatic rings. The van der Waals surface area contributed by atoms with Crippen molar-refractivity contribution in [3.63, 3.8) is 0 Å². The van der Waals surface area contributed by atoms with E-state index in [-0.39, 0.29) is 5.92 Å². The Labute approximate surface area is 117 Å². The first-order valence-corrected chi connectivity index (χ1v) is 6.66. The smallest absolute Gasteiger partial charge is 0.133 e. The van der Waals surface area contributed by atoms with Crippen molar-refractivity contribution in [2.75, 3.05) is 6.54 Å². The lowest BCUT2D eigenvalue weighted by atomic mass is 10.1. The van der Waals surface area contributed by atoms with E-state index >= 15 is 0 Å². The Morgan fingerprint density at radius 3 is 2.90 bits per heavy atom. The summed E-state index contributed by atoms with van der Waals surface area (Å²) in [6.07, 6.45) is 1.70. The lowest BCUT2D eigenvalue weighted by molar-refractivity contribution is 0.708. The van der Waals surface area contributed by atoms with Crippen molar-refractivity contribution in [1.29, 1.82) is 0 Å². The van der Waals surface area contributed by atoms with Gasteiger partial charge in [-0.3, -0.25) is 0 Å². The monoisotopic (exact) mass is 267 g/mol. The average molecular weight is 267 g/mol. The van der Waals surface area contributed by atoms with Gasteiger partial charge in [0.1, 0.15) is 5.82 Å². The minimum absolute atomic E-state index is 0.157. The Bertz CT molecular complexity index is 747. The van der Waals surface area contributed by atoms with Crippen LogP contribution < -0.4 is 5.73 Å². The molecule has 102 valence electrons. The summed E-state index contributed by atoms with van der Waals surface area (Å²) >= 11 is 0. The number of aromatic nitrogens is 4. The van der Waals surface area contributed by atoms with E-state index in [4.69, 9.17) is 5.73 Å². The van der Waals surface area contributed by atoms with Crippen molar-refractivity contribution >= 4 is 11.0 Å². The minimum atomic E-state index is 0.157. The molecule has 0 spiro atoms. The van der Waals surface area contributed by atoms with Gasteiger partial charge in [0.05, 0.1) is 23.1 Å². The van der Waals surface area contributed by atoms with E-state index in [1.54, 1.807) is 6.33 Å². The van der Waals surface area contributed by atoms with Crippen LogP contribution in [0.1, 0.15) is 24.4 Å². The van der Waals surface area contributed by atoms with Gasteiger partial charge in [-0.05, 0) is 25.1 Å². The fraction of sp³-hybridized carbons (Fsp3) is 0.267. The SMILES string of the molecule is Cc1cc(-c2ccc3nc[nH]c3c2)nc(C(C)CN)n1. The van der Waals surface area contributed by atoms with E-state index < -0.39 is 0 Å². The number of fused-ring (bicyclic) bond motifs is 1. The van der Waals surface area contributed by atoms with Crippen molar-refractivity contribution in [1.82, 2.24) is 19.9 Å². The zero-order valence-electron chi connectivity index (χ0n) is 11.6. The molecule has 20 heavy (non-hydrogen) atoms. The van der Waals surface area contributed by atoms with Crippen LogP contribution >= 0.6 is 0 Å². The zero-order chi connectivity index (χ0) is 14.1. The highest BCUT2D eigenvalue weighted by Crippen LogP contribution is 2.23. The topological polar surface area (TPSA) is 80.5 Å². The van der Waals surface area contributed by atoms with Crippen LogP contribution in [0.5, 0.6) is 0 Å². The molecule has 1 unspecified atom stereocenters. The van der Waals surface area contributed by atoms with Crippen molar-refractivity contribution in [3.8, 4) is 11.3 Å². The van der Waals surface area contributed by atoms with Gasteiger partial charge in [-0.25, -0.2) is 15.0 Å². The molecular formula is C15H17N5. The molecule has 1 aromatic carbocycles. The normalized spacial score (nSPS) is 12.8. The fourth-order valence-corrected chi connectivity index (χ4v) is 2.16. The summed E-state index contributed by atoms with van der Waals surface area (Å²) in [5, 5.41) is 0. The number of hydrogen-bond donors (Lipinski definition) is 2. The molecule has 3 rings (SSSR count). The summed E-state index contributed by atoms with van der Waals surface area (Å²) < 4.78 is 0. The first kappa shape index (κ1) is 12.7. The van der Waals surface area contributed by atoms with E-state index in [9.17, 15) is 0 Å². The average Bonchev–Trinajstić information content (AvgIpc) is 2.93. The third-order valence-corrected chi connectivity index (χ3v) is 3.38. The Morgan fingerprint density at radius 2 is 2.10 bits per heavy atom. The summed E-state index contributed by atoms with van der Waals surface area (Å²) in [4.78, 5) is 16.5. The van der Waals surface area contributed by atoms with E-state index in [0.29, 0.717) is 6.54 Å². The summed E-state index contributed by atoms with van der Waals surface area (Å²) in [6, 6.07) is 8.07. The van der Waals surface area contributed by atoms with Gasteiger partial charge in [-0.1, -0.05) is 13.0 Å². The summed E-state index contributed by atoms with van der Waals surface area (Å²) in [7, 11) is 0. The second-order valence-electron chi connectivity index (χ2n) is 5.02. The molecule has 3 N–H and O–H groups in total. The first-order chi connectivity index (χ1) is 9.67. The van der Waals surface area contributed by atoms with Crippen LogP contribution in [0.25, 0.3) is 22.3 Å². The Morgan fingerprint density at radius 1 is 1.25 bits per heavy atom. The van der Waals surface area contributed by atoms with Crippen LogP contribution in [0.3, 0.4) is 0 Å². The maximum Gasteiger partial charge on any atom is 0.133 e. The highest BCUT2D eigenvalue weighted by Gasteiger charge is 2.11. The van der Waals surface area contributed by atoms with Crippen LogP contribution in [0, 0.1) is 6.92 Å². The minimum Gasteiger partial charge on any atom is -0.345 e. The van der Waals surface area contributed by atoms with Crippen molar-refractivity contribution < 1.29 is 0 Å². The molecule has 0 saturated carbocycles. The first-order valence-electron chi connectivity index (χ1n) is 6.66. The zero-order valence-corrected chi connectivity index (χ0v) is 11.6. The third-order valence-electron chi connectivity index (χ3n) is 3.38. The number of benzene rings is 1. The molecule has 0 radical (unpaired) electrons. The fourth-order valence-electron chi connectivity index (χ4n) is 2.16. The van der Waals surface area contributed by atoms with Gasteiger partial charge >= 0.3 is 0 Å². The maximum absolute atomic E-state index is 5.71. The lowest BCUT2D eigenvalue weighted by Gasteiger charge is -2.10. The Hall–Kier alpha value is -2.27. The van der Waals surface area contributed by atoms with Crippen molar-refractivity contribution in [3.05, 3.63) is 42.1 Å². The number of aryl methyl sites for hydroxylation is 1. The summed E-state index contributed by atoms with van der Waals surface area (Å²) in [6.45, 7) is 4.56. The van der Waals surface area contributed by atoms with Crippen molar-refractivity contribution in [2.45, 2.75) is 19.8 Å². The molecule has 0 bridgehead atoms. The van der Waals surface area contributed by atoms with Gasteiger partial charge in [-0.15, -0.1) is 0 Å². The predicted octanol–water partition coefficient (Wildman–Crippen LogP) is 2.39. The number of hydrogen-bond acceptors (Lipinski definition) is 4. The van der Waals surface area contributed by atoms with Gasteiger partial charge in [0.25, 0.3) is 0 Å². The van der Waals surface area contributed by atoms with E-state index in [0.717, 1.165) is 33.8 Å². The largest absolute Gasteiger partial charge is 0.345 e. The molecule has 3 aromatic rings. The second-order valence-corrected chi connectivity index (χ2v) is 5.02. The Kier molecular flexibility index (Phi) is 3.20. The number of nitrogens with two attached hydrogens (primary N) is 1. The number of nitrogens with one attached hydrogen (secondary N) is 1. The summed E-state index contributed by atoms with van der Waals surface area (Å²) in [5.41, 5.74) is 10.6. The molecule has 2 heterocycles. The quantitative estimate of drug-likeness (QED) is 0.763. The van der Waals surface area contributed by atoms with Gasteiger partial charge in [0.2, 0.25) is 0 Å². The van der Waals surface area contributed by atoms with Crippen LogP contribution in [0.2, 0.25) is 0 Å². The van der Waals surface area contributed by atoms with Crippen LogP contribution in [-0.2, 0) is 0 Å². The molecule has 1 atom stereocenters. The van der Waals surface area contributed by atoms with Crippen molar-refractivity contribution in [2.24, 2.45) is 5.73 Å². The number of nitrogens with zero attached hydrogens (tertiary/aromatic N) is 3. The third kappa shape index (κ3) is 2.28. The molecular weight excluding hydrogens is 250 g/mol. The van der Waals surface area contributed by atoms with Gasteiger partial charge in [0.15, 0.2) is 0 Å². The highest BCUT2D eigenvalue weighted by atomic mass is 14.9. The molecule has 0 aliphatic heterocycles. The van der Waals surface area contributed by atoms with E-state index in [1.165, 1.54) is 0 Å².